The summed E-state index contributed by atoms with van der Waals surface area (Å²) in [6, 6.07) is 15.3. The number of hydrogen-bond donors (Lipinski definition) is 1. The molecule has 1 N–H and O–H groups in total. The highest BCUT2D eigenvalue weighted by Gasteiger charge is 2.20. The normalized spacial score (nSPS) is 15.2. The van der Waals surface area contributed by atoms with Crippen LogP contribution in [0.1, 0.15) is 11.1 Å². The Labute approximate surface area is 140 Å². The molecule has 0 atom stereocenters. The molecule has 0 aromatic heterocycles. The summed E-state index contributed by atoms with van der Waals surface area (Å²) < 4.78 is 10.5. The summed E-state index contributed by atoms with van der Waals surface area (Å²) in [7, 11) is 3.17. The lowest BCUT2D eigenvalue weighted by Crippen LogP contribution is -2.25. The predicted molar refractivity (Wildman–Crippen MR) is 93.2 cm³/mol. The number of rotatable bonds is 5. The summed E-state index contributed by atoms with van der Waals surface area (Å²) in [5.41, 5.74) is 2.23. The Morgan fingerprint density at radius 1 is 1.08 bits per heavy atom. The van der Waals surface area contributed by atoms with Gasteiger partial charge in [-0.05, 0) is 23.8 Å². The molecule has 0 bridgehead atoms. The highest BCUT2D eigenvalue weighted by molar-refractivity contribution is 6.14. The third kappa shape index (κ3) is 3.46. The fraction of sp³-hybridized carbons (Fsp3) is 0.158. The van der Waals surface area contributed by atoms with E-state index in [1.807, 2.05) is 42.5 Å². The predicted octanol–water partition coefficient (Wildman–Crippen LogP) is 2.82. The van der Waals surface area contributed by atoms with Gasteiger partial charge in [-0.25, -0.2) is 4.99 Å². The number of nitrogens with one attached hydrogen (secondary N) is 1. The topological polar surface area (TPSA) is 59.9 Å². The van der Waals surface area contributed by atoms with Gasteiger partial charge in [-0.1, -0.05) is 30.3 Å². The summed E-state index contributed by atoms with van der Waals surface area (Å²) in [5.74, 6) is 1.75. The first-order chi connectivity index (χ1) is 11.7. The van der Waals surface area contributed by atoms with Crippen LogP contribution in [0.2, 0.25) is 0 Å². The Kier molecular flexibility index (Phi) is 4.61. The van der Waals surface area contributed by atoms with Crippen molar-refractivity contribution in [2.75, 3.05) is 14.2 Å². The number of aliphatic imine (C=N–C) groups is 1. The second-order valence-electron chi connectivity index (χ2n) is 5.31. The van der Waals surface area contributed by atoms with Crippen molar-refractivity contribution in [3.8, 4) is 11.5 Å². The van der Waals surface area contributed by atoms with Crippen molar-refractivity contribution in [1.29, 1.82) is 0 Å². The van der Waals surface area contributed by atoms with Gasteiger partial charge in [-0.2, -0.15) is 0 Å². The van der Waals surface area contributed by atoms with E-state index < -0.39 is 0 Å². The molecule has 5 nitrogen and oxygen atoms in total. The highest BCUT2D eigenvalue weighted by Crippen LogP contribution is 2.27. The molecule has 0 aliphatic carbocycles. The van der Waals surface area contributed by atoms with Gasteiger partial charge in [0.1, 0.15) is 23.0 Å². The summed E-state index contributed by atoms with van der Waals surface area (Å²) >= 11 is 0. The van der Waals surface area contributed by atoms with E-state index in [2.05, 4.69) is 10.3 Å². The number of benzene rings is 2. The molecular formula is C19H18N2O3. The van der Waals surface area contributed by atoms with Crippen LogP contribution in [-0.4, -0.2) is 26.0 Å². The third-order valence-corrected chi connectivity index (χ3v) is 3.69. The first kappa shape index (κ1) is 15.8. The SMILES string of the molecule is COc1ccc(/C=C2/N=C(Cc3ccccc3)NC2=O)c(OC)c1. The van der Waals surface area contributed by atoms with Crippen molar-refractivity contribution in [2.24, 2.45) is 4.99 Å². The molecule has 2 aromatic carbocycles. The van der Waals surface area contributed by atoms with Gasteiger partial charge in [0.25, 0.3) is 5.91 Å². The van der Waals surface area contributed by atoms with E-state index in [-0.39, 0.29) is 5.91 Å². The Balaban J connectivity index is 1.86. The van der Waals surface area contributed by atoms with Crippen LogP contribution in [-0.2, 0) is 11.2 Å². The number of carbonyl (C=O) groups is 1. The van der Waals surface area contributed by atoms with Crippen LogP contribution in [0.4, 0.5) is 0 Å². The average molecular weight is 322 g/mol. The van der Waals surface area contributed by atoms with Gasteiger partial charge in [0.05, 0.1) is 14.2 Å². The first-order valence-corrected chi connectivity index (χ1v) is 7.56. The number of nitrogens with zero attached hydrogens (tertiary/aromatic N) is 1. The quantitative estimate of drug-likeness (QED) is 0.861. The maximum atomic E-state index is 12.1. The molecule has 1 heterocycles. The Bertz CT molecular complexity index is 811. The number of carbonyl (C=O) groups excluding carboxylic acids is 1. The van der Waals surface area contributed by atoms with Crippen molar-refractivity contribution in [1.82, 2.24) is 5.32 Å². The van der Waals surface area contributed by atoms with Crippen LogP contribution in [0.25, 0.3) is 6.08 Å². The molecule has 5 heteroatoms. The molecule has 1 amide bonds. The zero-order valence-electron chi connectivity index (χ0n) is 13.6. The Hall–Kier alpha value is -3.08. The van der Waals surface area contributed by atoms with Crippen molar-refractivity contribution in [3.63, 3.8) is 0 Å². The molecule has 1 aliphatic rings. The third-order valence-electron chi connectivity index (χ3n) is 3.69. The fourth-order valence-corrected chi connectivity index (χ4v) is 2.47. The molecule has 2 aromatic rings. The van der Waals surface area contributed by atoms with Gasteiger partial charge in [0.15, 0.2) is 0 Å². The van der Waals surface area contributed by atoms with E-state index in [0.29, 0.717) is 29.5 Å². The van der Waals surface area contributed by atoms with Crippen LogP contribution >= 0.6 is 0 Å². The van der Waals surface area contributed by atoms with E-state index in [9.17, 15) is 4.79 Å². The van der Waals surface area contributed by atoms with E-state index >= 15 is 0 Å². The highest BCUT2D eigenvalue weighted by atomic mass is 16.5. The number of amidine groups is 1. The Morgan fingerprint density at radius 3 is 2.58 bits per heavy atom. The monoisotopic (exact) mass is 322 g/mol. The maximum absolute atomic E-state index is 12.1. The first-order valence-electron chi connectivity index (χ1n) is 7.56. The van der Waals surface area contributed by atoms with E-state index in [1.165, 1.54) is 0 Å². The molecule has 0 fully saturated rings. The van der Waals surface area contributed by atoms with E-state index in [1.54, 1.807) is 26.4 Å². The summed E-state index contributed by atoms with van der Waals surface area (Å²) in [5, 5.41) is 2.81. The van der Waals surface area contributed by atoms with E-state index in [4.69, 9.17) is 9.47 Å². The van der Waals surface area contributed by atoms with Crippen molar-refractivity contribution in [3.05, 3.63) is 65.4 Å². The van der Waals surface area contributed by atoms with Crippen molar-refractivity contribution < 1.29 is 14.3 Å². The van der Waals surface area contributed by atoms with Gasteiger partial charge >= 0.3 is 0 Å². The molecule has 0 radical (unpaired) electrons. The second-order valence-corrected chi connectivity index (χ2v) is 5.31. The van der Waals surface area contributed by atoms with Crippen LogP contribution in [0.3, 0.4) is 0 Å². The van der Waals surface area contributed by atoms with Crippen LogP contribution in [0.5, 0.6) is 11.5 Å². The largest absolute Gasteiger partial charge is 0.497 e. The molecule has 1 aliphatic heterocycles. The Morgan fingerprint density at radius 2 is 1.88 bits per heavy atom. The maximum Gasteiger partial charge on any atom is 0.275 e. The molecule has 0 saturated carbocycles. The van der Waals surface area contributed by atoms with Crippen LogP contribution in [0, 0.1) is 0 Å². The fourth-order valence-electron chi connectivity index (χ4n) is 2.47. The molecule has 122 valence electrons. The number of amides is 1. The van der Waals surface area contributed by atoms with Gasteiger partial charge in [-0.15, -0.1) is 0 Å². The van der Waals surface area contributed by atoms with Gasteiger partial charge < -0.3 is 14.8 Å². The zero-order valence-corrected chi connectivity index (χ0v) is 13.6. The second kappa shape index (κ2) is 7.00. The average Bonchev–Trinajstić information content (AvgIpc) is 2.95. The lowest BCUT2D eigenvalue weighted by molar-refractivity contribution is -0.115. The molecule has 0 saturated heterocycles. The molecular weight excluding hydrogens is 304 g/mol. The molecule has 3 rings (SSSR count). The smallest absolute Gasteiger partial charge is 0.275 e. The van der Waals surface area contributed by atoms with Crippen LogP contribution in [0.15, 0.2) is 59.2 Å². The lowest BCUT2D eigenvalue weighted by atomic mass is 10.1. The number of methoxy groups -OCH3 is 2. The van der Waals surface area contributed by atoms with Gasteiger partial charge in [0, 0.05) is 18.1 Å². The number of hydrogen-bond acceptors (Lipinski definition) is 4. The molecule has 24 heavy (non-hydrogen) atoms. The standard InChI is InChI=1S/C19H18N2O3/c1-23-15-9-8-14(17(12-15)24-2)11-16-19(22)21-18(20-16)10-13-6-4-3-5-7-13/h3-9,11-12H,10H2,1-2H3,(H,20,21,22)/b16-11+. The lowest BCUT2D eigenvalue weighted by Gasteiger charge is -2.07. The minimum Gasteiger partial charge on any atom is -0.497 e. The summed E-state index contributed by atoms with van der Waals surface area (Å²) in [6.45, 7) is 0. The number of ether oxygens (including phenoxy) is 2. The molecule has 0 unspecified atom stereocenters. The van der Waals surface area contributed by atoms with Crippen molar-refractivity contribution >= 4 is 17.8 Å². The molecule has 0 spiro atoms. The van der Waals surface area contributed by atoms with Crippen molar-refractivity contribution in [2.45, 2.75) is 6.42 Å². The minimum atomic E-state index is -0.209. The summed E-state index contributed by atoms with van der Waals surface area (Å²) in [6.07, 6.45) is 2.30. The van der Waals surface area contributed by atoms with E-state index in [0.717, 1.165) is 11.1 Å². The minimum absolute atomic E-state index is 0.209. The van der Waals surface area contributed by atoms with Gasteiger partial charge in [0.2, 0.25) is 0 Å². The van der Waals surface area contributed by atoms with Crippen LogP contribution < -0.4 is 14.8 Å². The van der Waals surface area contributed by atoms with Gasteiger partial charge in [-0.3, -0.25) is 4.79 Å². The summed E-state index contributed by atoms with van der Waals surface area (Å²) in [4.78, 5) is 16.6. The zero-order chi connectivity index (χ0) is 16.9.